The van der Waals surface area contributed by atoms with Crippen LogP contribution >= 0.6 is 0 Å². The van der Waals surface area contributed by atoms with E-state index < -0.39 is 62.9 Å². The number of carbonyl (C=O) groups is 5. The summed E-state index contributed by atoms with van der Waals surface area (Å²) in [7, 11) is 0. The number of hydrogen-bond donors (Lipinski definition) is 0. The van der Waals surface area contributed by atoms with Gasteiger partial charge in [0.2, 0.25) is 0 Å². The van der Waals surface area contributed by atoms with Gasteiger partial charge in [-0.15, -0.1) is 0 Å². The Bertz CT molecular complexity index is 806. The first-order chi connectivity index (χ1) is 16.7. The van der Waals surface area contributed by atoms with E-state index in [1.54, 1.807) is 34.6 Å². The summed E-state index contributed by atoms with van der Waals surface area (Å²) in [6.07, 6.45) is 7.05. The monoisotopic (exact) mass is 490 g/mol. The standard InChI is InChI=1S/C25H30O10/c1-6-16-11-31-22(27)18(8-3)13-33-24(29)20(10-5)15-35-25(30)19(9-4)14-34-23(28)17(7-2)12-32-21(16)26/h6-10H,11-15H2,1-5H3/b16-6+,17-7+,18-8+,19-9+,20-10+. The van der Waals surface area contributed by atoms with Gasteiger partial charge in [-0.2, -0.15) is 0 Å². The zero-order valence-corrected chi connectivity index (χ0v) is 20.5. The molecule has 10 heteroatoms. The Morgan fingerprint density at radius 1 is 0.371 bits per heavy atom. The van der Waals surface area contributed by atoms with Crippen molar-refractivity contribution in [1.29, 1.82) is 0 Å². The molecule has 0 saturated carbocycles. The van der Waals surface area contributed by atoms with Gasteiger partial charge in [-0.25, -0.2) is 24.0 Å². The van der Waals surface area contributed by atoms with Crippen LogP contribution in [0.1, 0.15) is 34.6 Å². The second-order valence-electron chi connectivity index (χ2n) is 6.95. The zero-order chi connectivity index (χ0) is 26.4. The van der Waals surface area contributed by atoms with Gasteiger partial charge >= 0.3 is 29.8 Å². The molecule has 0 aromatic heterocycles. The topological polar surface area (TPSA) is 132 Å². The summed E-state index contributed by atoms with van der Waals surface area (Å²) in [6.45, 7) is 5.82. The Morgan fingerprint density at radius 3 is 0.629 bits per heavy atom. The van der Waals surface area contributed by atoms with E-state index in [2.05, 4.69) is 0 Å². The molecule has 1 aliphatic heterocycles. The third-order valence-electron chi connectivity index (χ3n) is 4.85. The Hall–Kier alpha value is -3.95. The van der Waals surface area contributed by atoms with E-state index in [0.29, 0.717) is 0 Å². The third-order valence-corrected chi connectivity index (χ3v) is 4.85. The molecule has 0 aliphatic carbocycles. The molecule has 0 amide bonds. The van der Waals surface area contributed by atoms with Crippen LogP contribution in [0, 0.1) is 0 Å². The minimum absolute atomic E-state index is 0.0409. The number of hydrogen-bond acceptors (Lipinski definition) is 10. The summed E-state index contributed by atoms with van der Waals surface area (Å²) >= 11 is 0. The molecule has 190 valence electrons. The highest BCUT2D eigenvalue weighted by Crippen LogP contribution is 2.11. The van der Waals surface area contributed by atoms with Crippen molar-refractivity contribution in [3.63, 3.8) is 0 Å². The molecular weight excluding hydrogens is 460 g/mol. The van der Waals surface area contributed by atoms with Gasteiger partial charge < -0.3 is 23.7 Å². The lowest BCUT2D eigenvalue weighted by Gasteiger charge is -2.14. The minimum atomic E-state index is -0.800. The summed E-state index contributed by atoms with van der Waals surface area (Å²) in [5.74, 6) is -4.00. The predicted molar refractivity (Wildman–Crippen MR) is 124 cm³/mol. The van der Waals surface area contributed by atoms with Crippen LogP contribution < -0.4 is 0 Å². The van der Waals surface area contributed by atoms with Crippen molar-refractivity contribution < 1.29 is 47.7 Å². The molecular formula is C25H30O10. The van der Waals surface area contributed by atoms with E-state index in [-0.39, 0.29) is 27.9 Å². The quantitative estimate of drug-likeness (QED) is 0.283. The van der Waals surface area contributed by atoms with Crippen LogP contribution in [0.4, 0.5) is 0 Å². The Morgan fingerprint density at radius 2 is 0.514 bits per heavy atom. The van der Waals surface area contributed by atoms with E-state index in [1.807, 2.05) is 0 Å². The number of cyclic esters (lactones) is 5. The highest BCUT2D eigenvalue weighted by Gasteiger charge is 2.22. The van der Waals surface area contributed by atoms with Crippen LogP contribution in [0.15, 0.2) is 58.2 Å². The van der Waals surface area contributed by atoms with E-state index >= 15 is 0 Å². The number of rotatable bonds is 0. The van der Waals surface area contributed by atoms with E-state index in [0.717, 1.165) is 0 Å². The van der Waals surface area contributed by atoms with Gasteiger partial charge in [0.15, 0.2) is 0 Å². The lowest BCUT2D eigenvalue weighted by Crippen LogP contribution is -2.23. The van der Waals surface area contributed by atoms with Crippen molar-refractivity contribution >= 4 is 29.8 Å². The summed E-state index contributed by atoms with van der Waals surface area (Å²) in [5.41, 5.74) is 0.205. The molecule has 0 aromatic rings. The molecule has 1 fully saturated rings. The highest BCUT2D eigenvalue weighted by atomic mass is 16.6. The molecule has 10 nitrogen and oxygen atoms in total. The van der Waals surface area contributed by atoms with Gasteiger partial charge in [0, 0.05) is 0 Å². The number of ether oxygens (including phenoxy) is 5. The van der Waals surface area contributed by atoms with Crippen LogP contribution in [0.25, 0.3) is 0 Å². The molecule has 0 bridgehead atoms. The molecule has 1 aliphatic rings. The minimum Gasteiger partial charge on any atom is -0.457 e. The molecule has 1 saturated heterocycles. The SMILES string of the molecule is C/C=C1\COC(=O)/C(=C/C)COC(=O)/C(=C/C)COC(=O)/C(=C/C)COC(=O)/C(=C/C)COC1=O. The molecule has 1 rings (SSSR count). The van der Waals surface area contributed by atoms with Crippen LogP contribution in [0.5, 0.6) is 0 Å². The number of allylic oxidation sites excluding steroid dienone is 5. The molecule has 0 atom stereocenters. The van der Waals surface area contributed by atoms with E-state index in [1.165, 1.54) is 30.4 Å². The molecule has 35 heavy (non-hydrogen) atoms. The van der Waals surface area contributed by atoms with Gasteiger partial charge in [-0.3, -0.25) is 0 Å². The van der Waals surface area contributed by atoms with Crippen molar-refractivity contribution in [3.8, 4) is 0 Å². The van der Waals surface area contributed by atoms with Gasteiger partial charge in [-0.1, -0.05) is 30.4 Å². The Kier molecular flexibility index (Phi) is 12.5. The second kappa shape index (κ2) is 15.0. The second-order valence-corrected chi connectivity index (χ2v) is 6.95. The maximum atomic E-state index is 12.4. The normalized spacial score (nSPS) is 24.1. The van der Waals surface area contributed by atoms with Gasteiger partial charge in [0.1, 0.15) is 33.0 Å². The summed E-state index contributed by atoms with van der Waals surface area (Å²) in [6, 6.07) is 0. The Balaban J connectivity index is 3.17. The van der Waals surface area contributed by atoms with Crippen LogP contribution in [0.3, 0.4) is 0 Å². The van der Waals surface area contributed by atoms with Crippen molar-refractivity contribution in [2.24, 2.45) is 0 Å². The lowest BCUT2D eigenvalue weighted by molar-refractivity contribution is -0.143. The Labute approximate surface area is 203 Å². The van der Waals surface area contributed by atoms with Crippen LogP contribution in [-0.2, 0) is 47.7 Å². The average Bonchev–Trinajstić information content (AvgIpc) is 2.85. The molecule has 0 unspecified atom stereocenters. The first-order valence-electron chi connectivity index (χ1n) is 10.8. The van der Waals surface area contributed by atoms with Gasteiger partial charge in [0.25, 0.3) is 0 Å². The lowest BCUT2D eigenvalue weighted by atomic mass is 10.2. The molecule has 0 aromatic carbocycles. The van der Waals surface area contributed by atoms with Gasteiger partial charge in [-0.05, 0) is 34.6 Å². The zero-order valence-electron chi connectivity index (χ0n) is 20.5. The fourth-order valence-corrected chi connectivity index (χ4v) is 2.48. The number of esters is 5. The largest absolute Gasteiger partial charge is 0.457 e. The fraction of sp³-hybridized carbons (Fsp3) is 0.400. The van der Waals surface area contributed by atoms with E-state index in [9.17, 15) is 24.0 Å². The van der Waals surface area contributed by atoms with Crippen LogP contribution in [0.2, 0.25) is 0 Å². The summed E-state index contributed by atoms with van der Waals surface area (Å²) in [4.78, 5) is 61.9. The third kappa shape index (κ3) is 9.07. The van der Waals surface area contributed by atoms with Crippen molar-refractivity contribution in [3.05, 3.63) is 58.2 Å². The fourth-order valence-electron chi connectivity index (χ4n) is 2.48. The van der Waals surface area contributed by atoms with Crippen molar-refractivity contribution in [2.45, 2.75) is 34.6 Å². The molecule has 0 N–H and O–H groups in total. The first-order valence-corrected chi connectivity index (χ1v) is 10.8. The molecule has 1 heterocycles. The van der Waals surface area contributed by atoms with E-state index in [4.69, 9.17) is 23.7 Å². The highest BCUT2D eigenvalue weighted by molar-refractivity contribution is 5.95. The van der Waals surface area contributed by atoms with Crippen molar-refractivity contribution in [1.82, 2.24) is 0 Å². The molecule has 0 radical (unpaired) electrons. The first kappa shape index (κ1) is 29.1. The molecule has 0 spiro atoms. The smallest absolute Gasteiger partial charge is 0.337 e. The summed E-state index contributed by atoms with van der Waals surface area (Å²) in [5, 5.41) is 0. The maximum absolute atomic E-state index is 12.4. The van der Waals surface area contributed by atoms with Crippen LogP contribution in [-0.4, -0.2) is 62.9 Å². The maximum Gasteiger partial charge on any atom is 0.337 e. The number of carbonyl (C=O) groups excluding carboxylic acids is 5. The van der Waals surface area contributed by atoms with Gasteiger partial charge in [0.05, 0.1) is 27.9 Å². The van der Waals surface area contributed by atoms with Crippen molar-refractivity contribution in [2.75, 3.05) is 33.0 Å². The summed E-state index contributed by atoms with van der Waals surface area (Å²) < 4.78 is 25.7. The predicted octanol–water partition coefficient (Wildman–Crippen LogP) is 2.45. The average molecular weight is 491 g/mol.